The van der Waals surface area contributed by atoms with Crippen LogP contribution in [-0.2, 0) is 19.6 Å². The van der Waals surface area contributed by atoms with Gasteiger partial charge in [-0.2, -0.15) is 0 Å². The first kappa shape index (κ1) is 30.1. The molecule has 0 aromatic rings. The average Bonchev–Trinajstić information content (AvgIpc) is 2.84. The first-order chi connectivity index (χ1) is 16.7. The molecule has 4 unspecified atom stereocenters. The van der Waals surface area contributed by atoms with Crippen LogP contribution in [0.2, 0.25) is 0 Å². The lowest BCUT2D eigenvalue weighted by Crippen LogP contribution is -2.50. The zero-order chi connectivity index (χ0) is 24.5. The van der Waals surface area contributed by atoms with Gasteiger partial charge in [0.2, 0.25) is 0 Å². The normalized spacial score (nSPS) is 30.4. The van der Waals surface area contributed by atoms with E-state index in [0.717, 1.165) is 31.5 Å². The summed E-state index contributed by atoms with van der Waals surface area (Å²) in [5.41, 5.74) is 0.366. The van der Waals surface area contributed by atoms with Crippen LogP contribution in [0.3, 0.4) is 0 Å². The summed E-state index contributed by atoms with van der Waals surface area (Å²) in [6.07, 6.45) is 25.8. The van der Waals surface area contributed by atoms with Crippen LogP contribution in [-0.4, -0.2) is 27.4 Å². The molecule has 0 amide bonds. The molecule has 5 atom stereocenters. The van der Waals surface area contributed by atoms with Gasteiger partial charge in [0.05, 0.1) is 27.4 Å². The van der Waals surface area contributed by atoms with Crippen molar-refractivity contribution in [2.75, 3.05) is 27.4 Å². The average molecular weight is 483 g/mol. The molecule has 0 aromatic heterocycles. The molecule has 2 saturated carbocycles. The van der Waals surface area contributed by atoms with E-state index in [1.54, 1.807) is 14.2 Å². The Morgan fingerprint density at radius 1 is 0.676 bits per heavy atom. The van der Waals surface area contributed by atoms with E-state index in [9.17, 15) is 0 Å². The standard InChI is InChI=1S/C30H58O4/c1-5-7-9-13-17-26-20-23-30(22-16-12-11-14-18-27(30)25-34-32-4)29(21-24-33-31-3)28(26)19-15-10-8-6-2/h26-29H,5-25H2,1-4H3/t26?,27?,28?,29?,30-/m0/s1. The molecule has 2 fully saturated rings. The summed E-state index contributed by atoms with van der Waals surface area (Å²) in [6.45, 7) is 6.12. The van der Waals surface area contributed by atoms with Gasteiger partial charge in [0, 0.05) is 0 Å². The maximum absolute atomic E-state index is 5.68. The third-order valence-corrected chi connectivity index (χ3v) is 9.44. The van der Waals surface area contributed by atoms with Gasteiger partial charge in [-0.3, -0.25) is 0 Å². The molecule has 34 heavy (non-hydrogen) atoms. The SMILES string of the molecule is CCCCCCC1CC[C@]2(CCCCCCC2COOC)C(CCOOC)C1CCCCCC. The zero-order valence-electron chi connectivity index (χ0n) is 23.3. The van der Waals surface area contributed by atoms with E-state index in [0.29, 0.717) is 17.3 Å². The third-order valence-electron chi connectivity index (χ3n) is 9.44. The van der Waals surface area contributed by atoms with Crippen molar-refractivity contribution in [1.29, 1.82) is 0 Å². The molecule has 0 heterocycles. The van der Waals surface area contributed by atoms with Crippen LogP contribution in [0, 0.1) is 29.1 Å². The fourth-order valence-electron chi connectivity index (χ4n) is 7.71. The van der Waals surface area contributed by atoms with E-state index in [2.05, 4.69) is 13.8 Å². The van der Waals surface area contributed by atoms with Crippen molar-refractivity contribution in [3.05, 3.63) is 0 Å². The number of unbranched alkanes of at least 4 members (excludes halogenated alkanes) is 6. The topological polar surface area (TPSA) is 36.9 Å². The van der Waals surface area contributed by atoms with Crippen LogP contribution in [0.15, 0.2) is 0 Å². The third kappa shape index (κ3) is 9.37. The van der Waals surface area contributed by atoms with Crippen molar-refractivity contribution in [3.8, 4) is 0 Å². The summed E-state index contributed by atoms with van der Waals surface area (Å²) in [5.74, 6) is 3.00. The molecule has 0 aliphatic heterocycles. The van der Waals surface area contributed by atoms with Crippen molar-refractivity contribution < 1.29 is 19.6 Å². The monoisotopic (exact) mass is 482 g/mol. The molecular formula is C30H58O4. The maximum Gasteiger partial charge on any atom is 0.0855 e. The molecule has 2 rings (SSSR count). The molecule has 4 nitrogen and oxygen atoms in total. The molecule has 0 aromatic carbocycles. The Morgan fingerprint density at radius 3 is 2.09 bits per heavy atom. The van der Waals surface area contributed by atoms with Crippen molar-refractivity contribution in [2.24, 2.45) is 29.1 Å². The van der Waals surface area contributed by atoms with Crippen LogP contribution in [0.4, 0.5) is 0 Å². The van der Waals surface area contributed by atoms with Gasteiger partial charge in [0.1, 0.15) is 0 Å². The van der Waals surface area contributed by atoms with Gasteiger partial charge in [-0.15, -0.1) is 0 Å². The first-order valence-electron chi connectivity index (χ1n) is 15.0. The molecular weight excluding hydrogens is 424 g/mol. The van der Waals surface area contributed by atoms with Gasteiger partial charge >= 0.3 is 0 Å². The minimum Gasteiger partial charge on any atom is -0.240 e. The summed E-state index contributed by atoms with van der Waals surface area (Å²) in [4.78, 5) is 21.4. The first-order valence-corrected chi connectivity index (χ1v) is 15.0. The van der Waals surface area contributed by atoms with Gasteiger partial charge in [0.25, 0.3) is 0 Å². The van der Waals surface area contributed by atoms with E-state index < -0.39 is 0 Å². The van der Waals surface area contributed by atoms with E-state index in [-0.39, 0.29) is 0 Å². The Labute approximate surface area is 212 Å². The molecule has 0 bridgehead atoms. The Kier molecular flexibility index (Phi) is 16.0. The van der Waals surface area contributed by atoms with Crippen molar-refractivity contribution in [1.82, 2.24) is 0 Å². The van der Waals surface area contributed by atoms with Crippen LogP contribution in [0.1, 0.15) is 136 Å². The predicted octanol–water partition coefficient (Wildman–Crippen LogP) is 9.07. The van der Waals surface area contributed by atoms with Crippen LogP contribution in [0.25, 0.3) is 0 Å². The maximum atomic E-state index is 5.68. The second kappa shape index (κ2) is 18.1. The summed E-state index contributed by atoms with van der Waals surface area (Å²) in [5, 5.41) is 0. The molecule has 1 spiro atoms. The molecule has 2 aliphatic rings. The Bertz CT molecular complexity index is 482. The Balaban J connectivity index is 2.30. The van der Waals surface area contributed by atoms with E-state index in [1.165, 1.54) is 116 Å². The quantitative estimate of drug-likeness (QED) is 0.118. The lowest BCUT2D eigenvalue weighted by molar-refractivity contribution is -0.293. The van der Waals surface area contributed by atoms with Gasteiger partial charge in [-0.1, -0.05) is 97.3 Å². The number of rotatable bonds is 17. The summed E-state index contributed by atoms with van der Waals surface area (Å²) in [7, 11) is 3.32. The van der Waals surface area contributed by atoms with Crippen LogP contribution >= 0.6 is 0 Å². The number of hydrogen-bond acceptors (Lipinski definition) is 4. The van der Waals surface area contributed by atoms with Crippen molar-refractivity contribution in [2.45, 2.75) is 136 Å². The highest BCUT2D eigenvalue weighted by Crippen LogP contribution is 2.59. The Hall–Kier alpha value is -0.160. The van der Waals surface area contributed by atoms with Crippen molar-refractivity contribution >= 4 is 0 Å². The van der Waals surface area contributed by atoms with E-state index >= 15 is 0 Å². The van der Waals surface area contributed by atoms with Crippen LogP contribution in [0.5, 0.6) is 0 Å². The highest BCUT2D eigenvalue weighted by atomic mass is 17.2. The smallest absolute Gasteiger partial charge is 0.0855 e. The van der Waals surface area contributed by atoms with Gasteiger partial charge in [0.15, 0.2) is 0 Å². The lowest BCUT2D eigenvalue weighted by atomic mass is 9.49. The lowest BCUT2D eigenvalue weighted by Gasteiger charge is -2.56. The Morgan fingerprint density at radius 2 is 1.38 bits per heavy atom. The molecule has 0 radical (unpaired) electrons. The predicted molar refractivity (Wildman–Crippen MR) is 141 cm³/mol. The highest BCUT2D eigenvalue weighted by Gasteiger charge is 2.51. The second-order valence-corrected chi connectivity index (χ2v) is 11.4. The van der Waals surface area contributed by atoms with E-state index in [1.807, 2.05) is 0 Å². The minimum absolute atomic E-state index is 0.366. The van der Waals surface area contributed by atoms with Gasteiger partial charge < -0.3 is 0 Å². The van der Waals surface area contributed by atoms with Crippen molar-refractivity contribution in [3.63, 3.8) is 0 Å². The highest BCUT2D eigenvalue weighted by molar-refractivity contribution is 5.00. The molecule has 0 saturated heterocycles. The minimum atomic E-state index is 0.366. The summed E-state index contributed by atoms with van der Waals surface area (Å²) in [6, 6.07) is 0. The van der Waals surface area contributed by atoms with Gasteiger partial charge in [-0.25, -0.2) is 19.6 Å². The molecule has 4 heteroatoms. The molecule has 0 N–H and O–H groups in total. The largest absolute Gasteiger partial charge is 0.240 e. The number of hydrogen-bond donors (Lipinski definition) is 0. The second-order valence-electron chi connectivity index (χ2n) is 11.4. The van der Waals surface area contributed by atoms with Crippen LogP contribution < -0.4 is 0 Å². The van der Waals surface area contributed by atoms with E-state index in [4.69, 9.17) is 19.6 Å². The molecule has 202 valence electrons. The molecule has 2 aliphatic carbocycles. The zero-order valence-corrected chi connectivity index (χ0v) is 23.3. The fraction of sp³-hybridized carbons (Fsp3) is 1.00. The summed E-state index contributed by atoms with van der Waals surface area (Å²) < 4.78 is 0. The fourth-order valence-corrected chi connectivity index (χ4v) is 7.71. The summed E-state index contributed by atoms with van der Waals surface area (Å²) >= 11 is 0. The van der Waals surface area contributed by atoms with Gasteiger partial charge in [-0.05, 0) is 67.6 Å².